The zero-order chi connectivity index (χ0) is 27.8. The number of carbonyl (C=O) groups is 2. The summed E-state index contributed by atoms with van der Waals surface area (Å²) < 4.78 is 33.9. The molecule has 0 saturated heterocycles. The highest BCUT2D eigenvalue weighted by molar-refractivity contribution is 7.89. The van der Waals surface area contributed by atoms with Gasteiger partial charge in [-0.3, -0.25) is 5.32 Å². The Morgan fingerprint density at radius 3 is 2.41 bits per heavy atom. The first-order chi connectivity index (χ1) is 18.7. The van der Waals surface area contributed by atoms with Crippen LogP contribution in [0.1, 0.15) is 23.0 Å². The van der Waals surface area contributed by atoms with Gasteiger partial charge in [-0.05, 0) is 53.9 Å². The molecule has 0 radical (unpaired) electrons. The first-order valence-electron chi connectivity index (χ1n) is 11.8. The molecular formula is C27H26ClN5O5S. The number of benzene rings is 3. The number of nitrogens with one attached hydrogen (secondary N) is 3. The maximum absolute atomic E-state index is 12.9. The number of carbonyl (C=O) groups excluding carboxylic acids is 2. The normalized spacial score (nSPS) is 11.8. The van der Waals surface area contributed by atoms with Gasteiger partial charge in [0.05, 0.1) is 18.9 Å². The van der Waals surface area contributed by atoms with Gasteiger partial charge in [-0.25, -0.2) is 27.7 Å². The lowest BCUT2D eigenvalue weighted by molar-refractivity contribution is 0.187. The molecule has 0 bridgehead atoms. The molecule has 4 rings (SSSR count). The van der Waals surface area contributed by atoms with Crippen molar-refractivity contribution in [2.24, 2.45) is 0 Å². The van der Waals surface area contributed by atoms with Crippen LogP contribution in [0.15, 0.2) is 91.3 Å². The quantitative estimate of drug-likeness (QED) is 0.266. The van der Waals surface area contributed by atoms with Gasteiger partial charge in [0.25, 0.3) is 0 Å². The zero-order valence-electron chi connectivity index (χ0n) is 20.9. The number of rotatable bonds is 9. The van der Waals surface area contributed by atoms with E-state index in [1.807, 2.05) is 30.3 Å². The predicted molar refractivity (Wildman–Crippen MR) is 148 cm³/mol. The summed E-state index contributed by atoms with van der Waals surface area (Å²) in [4.78, 5) is 28.9. The molecule has 10 nitrogen and oxygen atoms in total. The van der Waals surface area contributed by atoms with E-state index in [1.165, 1.54) is 13.2 Å². The summed E-state index contributed by atoms with van der Waals surface area (Å²) >= 11 is 5.96. The van der Waals surface area contributed by atoms with Crippen LogP contribution in [-0.4, -0.2) is 37.2 Å². The summed E-state index contributed by atoms with van der Waals surface area (Å²) in [6.45, 7) is 0. The van der Waals surface area contributed by atoms with Crippen molar-refractivity contribution in [2.45, 2.75) is 18.2 Å². The van der Waals surface area contributed by atoms with Crippen LogP contribution in [0.4, 0.5) is 15.3 Å². The highest BCUT2D eigenvalue weighted by Gasteiger charge is 2.24. The van der Waals surface area contributed by atoms with E-state index in [-0.39, 0.29) is 0 Å². The molecule has 1 aromatic heterocycles. The predicted octanol–water partition coefficient (Wildman–Crippen LogP) is 4.82. The molecule has 1 atom stereocenters. The largest absolute Gasteiger partial charge is 0.453 e. The number of amides is 3. The Hall–Kier alpha value is -4.35. The zero-order valence-corrected chi connectivity index (χ0v) is 22.4. The van der Waals surface area contributed by atoms with Gasteiger partial charge < -0.3 is 14.6 Å². The number of sulfonamides is 1. The van der Waals surface area contributed by atoms with Crippen molar-refractivity contribution < 1.29 is 22.7 Å². The molecule has 39 heavy (non-hydrogen) atoms. The Labute approximate surface area is 231 Å². The number of hydrogen-bond donors (Lipinski definition) is 3. The Morgan fingerprint density at radius 1 is 1.00 bits per heavy atom. The number of imidazole rings is 1. The lowest BCUT2D eigenvalue weighted by Gasteiger charge is -2.21. The lowest BCUT2D eigenvalue weighted by Crippen LogP contribution is -2.42. The van der Waals surface area contributed by atoms with Crippen LogP contribution in [0.3, 0.4) is 0 Å². The third kappa shape index (κ3) is 7.82. The summed E-state index contributed by atoms with van der Waals surface area (Å²) in [7, 11) is -2.73. The van der Waals surface area contributed by atoms with Crippen LogP contribution in [0, 0.1) is 0 Å². The minimum atomic E-state index is -4.01. The van der Waals surface area contributed by atoms with E-state index in [4.69, 9.17) is 11.6 Å². The van der Waals surface area contributed by atoms with E-state index < -0.39 is 33.9 Å². The lowest BCUT2D eigenvalue weighted by atomic mass is 10.1. The van der Waals surface area contributed by atoms with E-state index in [1.54, 1.807) is 59.4 Å². The van der Waals surface area contributed by atoms with Gasteiger partial charge in [-0.1, -0.05) is 54.1 Å². The molecular weight excluding hydrogens is 542 g/mol. The van der Waals surface area contributed by atoms with Crippen molar-refractivity contribution in [3.05, 3.63) is 113 Å². The Morgan fingerprint density at radius 2 is 1.72 bits per heavy atom. The Bertz CT molecular complexity index is 1540. The molecule has 0 unspecified atom stereocenters. The highest BCUT2D eigenvalue weighted by Crippen LogP contribution is 2.22. The number of halogens is 1. The molecule has 3 amide bonds. The number of ether oxygens (including phenoxy) is 1. The molecule has 0 saturated carbocycles. The number of nitrogens with zero attached hydrogens (tertiary/aromatic N) is 2. The first-order valence-corrected chi connectivity index (χ1v) is 13.8. The fourth-order valence-corrected chi connectivity index (χ4v) is 5.18. The van der Waals surface area contributed by atoms with Gasteiger partial charge in [-0.15, -0.1) is 0 Å². The SMILES string of the molecule is COC(=O)Nc1ccc(-n2ccnc2[C@H](Cc2ccccc2)NC(=O)NS(=O)(=O)Cc2cccc(Cl)c2)cc1. The van der Waals surface area contributed by atoms with E-state index in [0.717, 1.165) is 5.56 Å². The van der Waals surface area contributed by atoms with E-state index >= 15 is 0 Å². The Kier molecular flexibility index (Phi) is 8.84. The number of methoxy groups -OCH3 is 1. The molecule has 0 aliphatic carbocycles. The summed E-state index contributed by atoms with van der Waals surface area (Å²) in [5.74, 6) is 0.0696. The second-order valence-corrected chi connectivity index (χ2v) is 10.7. The van der Waals surface area contributed by atoms with Gasteiger partial charge in [-0.2, -0.15) is 0 Å². The van der Waals surface area contributed by atoms with Crippen LogP contribution in [-0.2, 0) is 26.9 Å². The summed E-state index contributed by atoms with van der Waals surface area (Å²) in [6, 6.07) is 21.2. The van der Waals surface area contributed by atoms with Gasteiger partial charge in [0.2, 0.25) is 10.0 Å². The number of urea groups is 1. The molecule has 0 fully saturated rings. The van der Waals surface area contributed by atoms with Gasteiger partial charge in [0, 0.05) is 28.8 Å². The first kappa shape index (κ1) is 27.7. The van der Waals surface area contributed by atoms with Gasteiger partial charge in [0.1, 0.15) is 5.82 Å². The van der Waals surface area contributed by atoms with Crippen molar-refractivity contribution in [2.75, 3.05) is 12.4 Å². The fourth-order valence-electron chi connectivity index (χ4n) is 3.93. The average Bonchev–Trinajstić information content (AvgIpc) is 3.38. The summed E-state index contributed by atoms with van der Waals surface area (Å²) in [6.07, 6.45) is 3.07. The van der Waals surface area contributed by atoms with Crippen LogP contribution in [0.5, 0.6) is 0 Å². The average molecular weight is 568 g/mol. The standard InChI is InChI=1S/C27H26ClN5O5S/c1-38-27(35)30-22-10-12-23(13-11-22)33-15-14-29-25(33)24(17-19-6-3-2-4-7-19)31-26(34)32-39(36,37)18-20-8-5-9-21(28)16-20/h2-16,24H,17-18H2,1H3,(H,30,35)(H2,31,32,34)/t24-/m0/s1. The third-order valence-electron chi connectivity index (χ3n) is 5.64. The summed E-state index contributed by atoms with van der Waals surface area (Å²) in [5.41, 5.74) is 2.61. The second kappa shape index (κ2) is 12.5. The van der Waals surface area contributed by atoms with Gasteiger partial charge in [0.15, 0.2) is 0 Å². The molecule has 12 heteroatoms. The molecule has 202 valence electrons. The molecule has 3 N–H and O–H groups in total. The monoisotopic (exact) mass is 567 g/mol. The number of hydrogen-bond acceptors (Lipinski definition) is 6. The van der Waals surface area contributed by atoms with Gasteiger partial charge >= 0.3 is 12.1 Å². The summed E-state index contributed by atoms with van der Waals surface area (Å²) in [5, 5.41) is 5.75. The maximum atomic E-state index is 12.9. The topological polar surface area (TPSA) is 131 Å². The van der Waals surface area contributed by atoms with Crippen molar-refractivity contribution in [3.63, 3.8) is 0 Å². The van der Waals surface area contributed by atoms with Crippen LogP contribution in [0.25, 0.3) is 5.69 Å². The fraction of sp³-hybridized carbons (Fsp3) is 0.148. The second-order valence-electron chi connectivity index (χ2n) is 8.53. The number of aromatic nitrogens is 2. The molecule has 0 aliphatic rings. The van der Waals surface area contributed by atoms with Crippen LogP contribution in [0.2, 0.25) is 5.02 Å². The molecule has 0 spiro atoms. The van der Waals surface area contributed by atoms with Crippen molar-refractivity contribution >= 4 is 39.4 Å². The minimum Gasteiger partial charge on any atom is -0.453 e. The number of anilines is 1. The molecule has 1 heterocycles. The Balaban J connectivity index is 1.56. The highest BCUT2D eigenvalue weighted by atomic mass is 35.5. The molecule has 4 aromatic rings. The van der Waals surface area contributed by atoms with Crippen LogP contribution < -0.4 is 15.4 Å². The minimum absolute atomic E-state index is 0.349. The van der Waals surface area contributed by atoms with E-state index in [0.29, 0.717) is 34.2 Å². The molecule has 0 aliphatic heterocycles. The van der Waals surface area contributed by atoms with Crippen molar-refractivity contribution in [1.82, 2.24) is 19.6 Å². The third-order valence-corrected chi connectivity index (χ3v) is 7.09. The van der Waals surface area contributed by atoms with Crippen molar-refractivity contribution in [1.29, 1.82) is 0 Å². The molecule has 3 aromatic carbocycles. The van der Waals surface area contributed by atoms with E-state index in [2.05, 4.69) is 25.1 Å². The maximum Gasteiger partial charge on any atom is 0.411 e. The van der Waals surface area contributed by atoms with E-state index in [9.17, 15) is 18.0 Å². The van der Waals surface area contributed by atoms with Crippen molar-refractivity contribution in [3.8, 4) is 5.69 Å². The smallest absolute Gasteiger partial charge is 0.411 e. The van der Waals surface area contributed by atoms with Crippen LogP contribution >= 0.6 is 11.6 Å².